The first kappa shape index (κ1) is 23.5. The molecule has 10 nitrogen and oxygen atoms in total. The van der Waals surface area contributed by atoms with Crippen LogP contribution in [0.1, 0.15) is 35.6 Å². The van der Waals surface area contributed by atoms with Crippen LogP contribution in [0.5, 0.6) is 0 Å². The second-order valence-corrected chi connectivity index (χ2v) is 9.28. The standard InChI is InChI=1S/C25H26FN7O3/c1-13-8-27-21-18(24(34)30-17-7-19(26)23-29-14(2)9-32(23)12-17)5-6-20(22(21)28-13)31-10-15(3)33(25(35)36)16(4)11-31/h5-9,12,15-16H,10-11H2,1-4H3,(H,30,34)(H,35,36)/t15-,16?/m0/s1. The first-order chi connectivity index (χ1) is 17.1. The Morgan fingerprint density at radius 2 is 1.78 bits per heavy atom. The van der Waals surface area contributed by atoms with E-state index < -0.39 is 17.8 Å². The number of amides is 2. The van der Waals surface area contributed by atoms with Crippen LogP contribution in [0.15, 0.2) is 36.8 Å². The Hall–Kier alpha value is -4.28. The molecule has 1 unspecified atom stereocenters. The fourth-order valence-electron chi connectivity index (χ4n) is 4.95. The Balaban J connectivity index is 1.50. The highest BCUT2D eigenvalue weighted by Crippen LogP contribution is 2.31. The maximum Gasteiger partial charge on any atom is 0.407 e. The number of rotatable bonds is 3. The first-order valence-corrected chi connectivity index (χ1v) is 11.6. The van der Waals surface area contributed by atoms with Crippen molar-refractivity contribution in [2.45, 2.75) is 39.8 Å². The third kappa shape index (κ3) is 4.06. The molecule has 3 aromatic heterocycles. The van der Waals surface area contributed by atoms with Gasteiger partial charge in [-0.15, -0.1) is 0 Å². The van der Waals surface area contributed by atoms with Gasteiger partial charge < -0.3 is 19.7 Å². The van der Waals surface area contributed by atoms with Crippen molar-refractivity contribution in [1.82, 2.24) is 24.3 Å². The highest BCUT2D eigenvalue weighted by Gasteiger charge is 2.34. The number of piperazine rings is 1. The van der Waals surface area contributed by atoms with Crippen molar-refractivity contribution in [3.63, 3.8) is 0 Å². The molecule has 4 heterocycles. The van der Waals surface area contributed by atoms with Crippen LogP contribution in [0, 0.1) is 19.7 Å². The highest BCUT2D eigenvalue weighted by atomic mass is 19.1. The van der Waals surface area contributed by atoms with Gasteiger partial charge >= 0.3 is 6.09 Å². The van der Waals surface area contributed by atoms with Crippen LogP contribution in [-0.4, -0.2) is 66.5 Å². The van der Waals surface area contributed by atoms with Gasteiger partial charge in [-0.1, -0.05) is 0 Å². The molecular formula is C25H26FN7O3. The number of aromatic nitrogens is 4. The minimum atomic E-state index is -0.942. The zero-order chi connectivity index (χ0) is 25.7. The number of pyridine rings is 1. The molecular weight excluding hydrogens is 465 g/mol. The van der Waals surface area contributed by atoms with E-state index in [-0.39, 0.29) is 23.4 Å². The first-order valence-electron chi connectivity index (χ1n) is 11.6. The molecule has 5 rings (SSSR count). The number of carbonyl (C=O) groups excluding carboxylic acids is 1. The van der Waals surface area contributed by atoms with Crippen molar-refractivity contribution in [2.24, 2.45) is 0 Å². The van der Waals surface area contributed by atoms with Gasteiger partial charge in [0.1, 0.15) is 11.0 Å². The van der Waals surface area contributed by atoms with E-state index in [1.54, 1.807) is 31.6 Å². The van der Waals surface area contributed by atoms with E-state index in [4.69, 9.17) is 0 Å². The maximum absolute atomic E-state index is 14.5. The molecule has 1 aromatic carbocycles. The molecule has 2 atom stereocenters. The zero-order valence-electron chi connectivity index (χ0n) is 20.4. The minimum Gasteiger partial charge on any atom is -0.465 e. The maximum atomic E-state index is 14.5. The summed E-state index contributed by atoms with van der Waals surface area (Å²) in [6, 6.07) is 4.27. The van der Waals surface area contributed by atoms with Gasteiger partial charge in [0.05, 0.1) is 40.4 Å². The molecule has 1 aliphatic rings. The zero-order valence-corrected chi connectivity index (χ0v) is 20.4. The van der Waals surface area contributed by atoms with Crippen LogP contribution in [0.3, 0.4) is 0 Å². The van der Waals surface area contributed by atoms with E-state index in [0.29, 0.717) is 41.1 Å². The Labute approximate surface area is 206 Å². The van der Waals surface area contributed by atoms with E-state index >= 15 is 0 Å². The summed E-state index contributed by atoms with van der Waals surface area (Å²) in [5.74, 6) is -0.988. The molecule has 1 saturated heterocycles. The number of halogens is 1. The lowest BCUT2D eigenvalue weighted by molar-refractivity contribution is 0.0980. The topological polar surface area (TPSA) is 116 Å². The normalized spacial score (nSPS) is 18.1. The number of aryl methyl sites for hydroxylation is 2. The third-order valence-electron chi connectivity index (χ3n) is 6.41. The van der Waals surface area contributed by atoms with Crippen molar-refractivity contribution < 1.29 is 19.1 Å². The van der Waals surface area contributed by atoms with E-state index in [1.165, 1.54) is 15.4 Å². The van der Waals surface area contributed by atoms with Crippen LogP contribution in [0.25, 0.3) is 16.7 Å². The number of nitrogens with zero attached hydrogens (tertiary/aromatic N) is 6. The van der Waals surface area contributed by atoms with Crippen LogP contribution < -0.4 is 10.2 Å². The molecule has 36 heavy (non-hydrogen) atoms. The van der Waals surface area contributed by atoms with Gasteiger partial charge in [0.25, 0.3) is 5.91 Å². The van der Waals surface area contributed by atoms with Crippen LogP contribution in [0.4, 0.5) is 20.6 Å². The van der Waals surface area contributed by atoms with Gasteiger partial charge in [-0.2, -0.15) is 0 Å². The van der Waals surface area contributed by atoms with Gasteiger partial charge in [0, 0.05) is 37.7 Å². The van der Waals surface area contributed by atoms with Crippen LogP contribution >= 0.6 is 0 Å². The smallest absolute Gasteiger partial charge is 0.407 e. The summed E-state index contributed by atoms with van der Waals surface area (Å²) in [7, 11) is 0. The van der Waals surface area contributed by atoms with Gasteiger partial charge in [0.2, 0.25) is 0 Å². The average molecular weight is 492 g/mol. The predicted molar refractivity (Wildman–Crippen MR) is 133 cm³/mol. The lowest BCUT2D eigenvalue weighted by atomic mass is 10.1. The molecule has 186 valence electrons. The van der Waals surface area contributed by atoms with E-state index in [9.17, 15) is 19.1 Å². The van der Waals surface area contributed by atoms with Crippen molar-refractivity contribution in [2.75, 3.05) is 23.3 Å². The molecule has 2 amide bonds. The summed E-state index contributed by atoms with van der Waals surface area (Å²) >= 11 is 0. The molecule has 1 fully saturated rings. The van der Waals surface area contributed by atoms with Crippen molar-refractivity contribution >= 4 is 40.1 Å². The lowest BCUT2D eigenvalue weighted by Crippen LogP contribution is -2.58. The summed E-state index contributed by atoms with van der Waals surface area (Å²) in [5.41, 5.74) is 3.87. The Bertz CT molecular complexity index is 1510. The fraction of sp³-hybridized carbons (Fsp3) is 0.320. The molecule has 0 saturated carbocycles. The number of hydrogen-bond donors (Lipinski definition) is 2. The molecule has 4 aromatic rings. The van der Waals surface area contributed by atoms with Crippen molar-refractivity contribution in [3.8, 4) is 0 Å². The number of anilines is 2. The van der Waals surface area contributed by atoms with Crippen LogP contribution in [-0.2, 0) is 0 Å². The number of nitrogens with one attached hydrogen (secondary N) is 1. The van der Waals surface area contributed by atoms with Crippen LogP contribution in [0.2, 0.25) is 0 Å². The number of carboxylic acid groups (broad SMARTS) is 1. The largest absolute Gasteiger partial charge is 0.465 e. The van der Waals surface area contributed by atoms with Crippen molar-refractivity contribution in [1.29, 1.82) is 0 Å². The molecule has 0 radical (unpaired) electrons. The number of benzene rings is 1. The minimum absolute atomic E-state index is 0.188. The molecule has 0 bridgehead atoms. The summed E-state index contributed by atoms with van der Waals surface area (Å²) in [5, 5.41) is 12.3. The number of fused-ring (bicyclic) bond motifs is 2. The number of imidazole rings is 1. The fourth-order valence-corrected chi connectivity index (χ4v) is 4.95. The van der Waals surface area contributed by atoms with Gasteiger partial charge in [-0.3, -0.25) is 14.7 Å². The molecule has 11 heteroatoms. The summed E-state index contributed by atoms with van der Waals surface area (Å²) < 4.78 is 16.0. The number of hydrogen-bond acceptors (Lipinski definition) is 6. The molecule has 0 aliphatic carbocycles. The molecule has 1 aliphatic heterocycles. The molecule has 2 N–H and O–H groups in total. The van der Waals surface area contributed by atoms with E-state index in [0.717, 1.165) is 5.69 Å². The highest BCUT2D eigenvalue weighted by molar-refractivity contribution is 6.13. The third-order valence-corrected chi connectivity index (χ3v) is 6.41. The Kier molecular flexibility index (Phi) is 5.70. The van der Waals surface area contributed by atoms with Crippen molar-refractivity contribution in [3.05, 3.63) is 59.6 Å². The average Bonchev–Trinajstić information content (AvgIpc) is 3.18. The quantitative estimate of drug-likeness (QED) is 0.447. The monoisotopic (exact) mass is 491 g/mol. The second-order valence-electron chi connectivity index (χ2n) is 9.28. The molecule has 0 spiro atoms. The summed E-state index contributed by atoms with van der Waals surface area (Å²) in [6.07, 6.45) is 3.94. The number of carbonyl (C=O) groups is 2. The Morgan fingerprint density at radius 3 is 2.47 bits per heavy atom. The summed E-state index contributed by atoms with van der Waals surface area (Å²) in [4.78, 5) is 41.8. The predicted octanol–water partition coefficient (Wildman–Crippen LogP) is 3.86. The van der Waals surface area contributed by atoms with E-state index in [1.807, 2.05) is 26.8 Å². The van der Waals surface area contributed by atoms with Gasteiger partial charge in [-0.25, -0.2) is 19.2 Å². The second kappa shape index (κ2) is 8.74. The van der Waals surface area contributed by atoms with Gasteiger partial charge in [0.15, 0.2) is 11.5 Å². The SMILES string of the molecule is Cc1cnc2c(C(=O)Nc3cc(F)c4nc(C)cn4c3)ccc(N3CC(C)N(C(=O)O)[C@@H](C)C3)c2n1. The lowest BCUT2D eigenvalue weighted by Gasteiger charge is -2.44. The Morgan fingerprint density at radius 1 is 1.06 bits per heavy atom. The van der Waals surface area contributed by atoms with E-state index in [2.05, 4.69) is 25.2 Å². The van der Waals surface area contributed by atoms with Gasteiger partial charge in [-0.05, 0) is 39.8 Å². The summed E-state index contributed by atoms with van der Waals surface area (Å²) in [6.45, 7) is 8.29.